The van der Waals surface area contributed by atoms with E-state index in [1.54, 1.807) is 0 Å². The fraction of sp³-hybridized carbons (Fsp3) is 0.571. The highest BCUT2D eigenvalue weighted by Crippen LogP contribution is 2.18. The van der Waals surface area contributed by atoms with Crippen LogP contribution in [-0.2, 0) is 6.42 Å². The molecular formula is C14H22BrN. The van der Waals surface area contributed by atoms with Gasteiger partial charge in [0.2, 0.25) is 0 Å². The first-order valence-corrected chi connectivity index (χ1v) is 7.04. The summed E-state index contributed by atoms with van der Waals surface area (Å²) in [5.74, 6) is 0. The third-order valence-electron chi connectivity index (χ3n) is 2.74. The predicted molar refractivity (Wildman–Crippen MR) is 74.8 cm³/mol. The van der Waals surface area contributed by atoms with E-state index in [0.29, 0.717) is 6.04 Å². The highest BCUT2D eigenvalue weighted by molar-refractivity contribution is 9.10. The minimum atomic E-state index is 0.614. The fourth-order valence-corrected chi connectivity index (χ4v) is 2.35. The molecule has 0 heterocycles. The molecule has 0 bridgehead atoms. The molecule has 0 aliphatic carbocycles. The van der Waals surface area contributed by atoms with Crippen LogP contribution >= 0.6 is 15.9 Å². The van der Waals surface area contributed by atoms with E-state index in [4.69, 9.17) is 0 Å². The van der Waals surface area contributed by atoms with Crippen LogP contribution in [0.25, 0.3) is 0 Å². The number of hydrogen-bond acceptors (Lipinski definition) is 1. The summed E-state index contributed by atoms with van der Waals surface area (Å²) < 4.78 is 1.23. The van der Waals surface area contributed by atoms with Gasteiger partial charge in [-0.05, 0) is 37.4 Å². The van der Waals surface area contributed by atoms with Crippen molar-refractivity contribution < 1.29 is 0 Å². The lowest BCUT2D eigenvalue weighted by Gasteiger charge is -2.18. The van der Waals surface area contributed by atoms with Crippen molar-refractivity contribution in [1.82, 2.24) is 5.32 Å². The van der Waals surface area contributed by atoms with Crippen molar-refractivity contribution in [3.8, 4) is 0 Å². The predicted octanol–water partition coefficient (Wildman–Crippen LogP) is 4.16. The van der Waals surface area contributed by atoms with Gasteiger partial charge in [0, 0.05) is 10.5 Å². The van der Waals surface area contributed by atoms with Crippen molar-refractivity contribution >= 4 is 15.9 Å². The third kappa shape index (κ3) is 4.67. The van der Waals surface area contributed by atoms with Gasteiger partial charge in [0.15, 0.2) is 0 Å². The first-order chi connectivity index (χ1) is 7.77. The molecule has 0 spiro atoms. The van der Waals surface area contributed by atoms with Crippen LogP contribution in [-0.4, -0.2) is 12.6 Å². The molecule has 1 N–H and O–H groups in total. The van der Waals surface area contributed by atoms with Gasteiger partial charge < -0.3 is 5.32 Å². The van der Waals surface area contributed by atoms with Crippen molar-refractivity contribution in [2.45, 2.75) is 45.6 Å². The Morgan fingerprint density at radius 1 is 1.19 bits per heavy atom. The summed E-state index contributed by atoms with van der Waals surface area (Å²) in [7, 11) is 0. The number of rotatable bonds is 7. The van der Waals surface area contributed by atoms with E-state index in [9.17, 15) is 0 Å². The van der Waals surface area contributed by atoms with Gasteiger partial charge in [-0.2, -0.15) is 0 Å². The maximum absolute atomic E-state index is 3.63. The van der Waals surface area contributed by atoms with E-state index in [1.165, 1.54) is 29.3 Å². The van der Waals surface area contributed by atoms with Crippen molar-refractivity contribution in [3.63, 3.8) is 0 Å². The summed E-state index contributed by atoms with van der Waals surface area (Å²) in [5.41, 5.74) is 1.41. The van der Waals surface area contributed by atoms with Gasteiger partial charge in [0.25, 0.3) is 0 Å². The quantitative estimate of drug-likeness (QED) is 0.792. The van der Waals surface area contributed by atoms with Crippen LogP contribution in [0.15, 0.2) is 28.7 Å². The highest BCUT2D eigenvalue weighted by atomic mass is 79.9. The Labute approximate surface area is 108 Å². The molecule has 1 aromatic carbocycles. The minimum absolute atomic E-state index is 0.614. The van der Waals surface area contributed by atoms with E-state index in [-0.39, 0.29) is 0 Å². The lowest BCUT2D eigenvalue weighted by molar-refractivity contribution is 0.472. The van der Waals surface area contributed by atoms with Crippen molar-refractivity contribution in [2.24, 2.45) is 0 Å². The molecule has 0 saturated carbocycles. The second-order valence-electron chi connectivity index (χ2n) is 4.24. The third-order valence-corrected chi connectivity index (χ3v) is 3.52. The maximum Gasteiger partial charge on any atom is 0.0207 e. The molecule has 1 unspecified atom stereocenters. The summed E-state index contributed by atoms with van der Waals surface area (Å²) in [6.45, 7) is 5.59. The van der Waals surface area contributed by atoms with E-state index in [2.05, 4.69) is 59.4 Å². The molecule has 0 aliphatic heterocycles. The zero-order chi connectivity index (χ0) is 11.8. The summed E-state index contributed by atoms with van der Waals surface area (Å²) in [6, 6.07) is 9.13. The minimum Gasteiger partial charge on any atom is -0.314 e. The topological polar surface area (TPSA) is 12.0 Å². The normalized spacial score (nSPS) is 12.7. The second-order valence-corrected chi connectivity index (χ2v) is 5.09. The van der Waals surface area contributed by atoms with Crippen LogP contribution in [0, 0.1) is 0 Å². The average Bonchev–Trinajstić information content (AvgIpc) is 2.29. The van der Waals surface area contributed by atoms with Crippen LogP contribution < -0.4 is 5.32 Å². The van der Waals surface area contributed by atoms with Gasteiger partial charge >= 0.3 is 0 Å². The standard InChI is InChI=1S/C14H22BrN/c1-3-7-13(16-10-4-2)11-12-8-5-6-9-14(12)15/h5-6,8-9,13,16H,3-4,7,10-11H2,1-2H3. The number of halogens is 1. The summed E-state index contributed by atoms with van der Waals surface area (Å²) in [4.78, 5) is 0. The van der Waals surface area contributed by atoms with Gasteiger partial charge in [-0.1, -0.05) is 54.4 Å². The Kier molecular flexibility index (Phi) is 6.74. The fourth-order valence-electron chi connectivity index (χ4n) is 1.90. The van der Waals surface area contributed by atoms with Crippen LogP contribution in [0.2, 0.25) is 0 Å². The molecule has 0 amide bonds. The Bertz CT molecular complexity index is 299. The molecule has 1 rings (SSSR count). The summed E-state index contributed by atoms with van der Waals surface area (Å²) in [5, 5.41) is 3.63. The maximum atomic E-state index is 3.63. The zero-order valence-corrected chi connectivity index (χ0v) is 11.9. The lowest BCUT2D eigenvalue weighted by Crippen LogP contribution is -2.31. The molecule has 0 fully saturated rings. The van der Waals surface area contributed by atoms with Gasteiger partial charge in [-0.25, -0.2) is 0 Å². The highest BCUT2D eigenvalue weighted by Gasteiger charge is 2.09. The van der Waals surface area contributed by atoms with E-state index in [1.807, 2.05) is 0 Å². The number of benzene rings is 1. The van der Waals surface area contributed by atoms with Gasteiger partial charge in [0.1, 0.15) is 0 Å². The molecule has 0 aromatic heterocycles. The van der Waals surface area contributed by atoms with E-state index < -0.39 is 0 Å². The molecule has 1 nitrogen and oxygen atoms in total. The van der Waals surface area contributed by atoms with Crippen LogP contribution in [0.3, 0.4) is 0 Å². The molecule has 2 heteroatoms. The van der Waals surface area contributed by atoms with E-state index >= 15 is 0 Å². The Hall–Kier alpha value is -0.340. The van der Waals surface area contributed by atoms with Crippen LogP contribution in [0.1, 0.15) is 38.7 Å². The monoisotopic (exact) mass is 283 g/mol. The summed E-state index contributed by atoms with van der Waals surface area (Å²) in [6.07, 6.45) is 4.82. The molecule has 16 heavy (non-hydrogen) atoms. The SMILES string of the molecule is CCCNC(CCC)Cc1ccccc1Br. The first-order valence-electron chi connectivity index (χ1n) is 6.24. The van der Waals surface area contributed by atoms with Gasteiger partial charge in [-0.3, -0.25) is 0 Å². The van der Waals surface area contributed by atoms with Gasteiger partial charge in [-0.15, -0.1) is 0 Å². The smallest absolute Gasteiger partial charge is 0.0207 e. The van der Waals surface area contributed by atoms with Crippen molar-refractivity contribution in [2.75, 3.05) is 6.54 Å². The largest absolute Gasteiger partial charge is 0.314 e. The van der Waals surface area contributed by atoms with Crippen LogP contribution in [0.5, 0.6) is 0 Å². The second kappa shape index (κ2) is 7.86. The Balaban J connectivity index is 2.56. The molecule has 0 aliphatic rings. The lowest BCUT2D eigenvalue weighted by atomic mass is 10.0. The average molecular weight is 284 g/mol. The number of hydrogen-bond donors (Lipinski definition) is 1. The molecular weight excluding hydrogens is 262 g/mol. The summed E-state index contributed by atoms with van der Waals surface area (Å²) >= 11 is 3.62. The molecule has 90 valence electrons. The Morgan fingerprint density at radius 3 is 2.56 bits per heavy atom. The molecule has 1 aromatic rings. The van der Waals surface area contributed by atoms with Crippen molar-refractivity contribution in [1.29, 1.82) is 0 Å². The first kappa shape index (κ1) is 13.7. The zero-order valence-electron chi connectivity index (χ0n) is 10.3. The van der Waals surface area contributed by atoms with Gasteiger partial charge in [0.05, 0.1) is 0 Å². The molecule has 1 atom stereocenters. The van der Waals surface area contributed by atoms with E-state index in [0.717, 1.165) is 13.0 Å². The Morgan fingerprint density at radius 2 is 1.94 bits per heavy atom. The molecule has 0 saturated heterocycles. The number of nitrogens with one attached hydrogen (secondary N) is 1. The molecule has 0 radical (unpaired) electrons. The van der Waals surface area contributed by atoms with Crippen molar-refractivity contribution in [3.05, 3.63) is 34.3 Å². The van der Waals surface area contributed by atoms with Crippen LogP contribution in [0.4, 0.5) is 0 Å².